The zero-order valence-electron chi connectivity index (χ0n) is 10.5. The van der Waals surface area contributed by atoms with Crippen molar-refractivity contribution in [1.82, 2.24) is 0 Å². The molecule has 0 saturated carbocycles. The summed E-state index contributed by atoms with van der Waals surface area (Å²) in [7, 11) is 0. The van der Waals surface area contributed by atoms with Crippen molar-refractivity contribution in [3.63, 3.8) is 0 Å². The van der Waals surface area contributed by atoms with Gasteiger partial charge in [-0.25, -0.2) is 0 Å². The average molecular weight is 308 g/mol. The number of furan rings is 1. The van der Waals surface area contributed by atoms with E-state index < -0.39 is 0 Å². The molecule has 0 fully saturated rings. The number of hydrogen-bond acceptors (Lipinski definition) is 2. The van der Waals surface area contributed by atoms with E-state index in [0.29, 0.717) is 0 Å². The second-order valence-corrected chi connectivity index (χ2v) is 5.37. The Kier molecular flexibility index (Phi) is 4.61. The van der Waals surface area contributed by atoms with Crippen LogP contribution in [0, 0.1) is 0 Å². The van der Waals surface area contributed by atoms with Crippen molar-refractivity contribution in [2.24, 2.45) is 5.73 Å². The van der Waals surface area contributed by atoms with Gasteiger partial charge >= 0.3 is 0 Å². The SMILES string of the molecule is CCCC[C@@H](N)c1ccc(-c2ccc(Br)cc2)o1. The number of unbranched alkanes of at least 4 members (excludes halogenated alkanes) is 1. The Balaban J connectivity index is 2.12. The molecule has 1 atom stereocenters. The Bertz CT molecular complexity index is 489. The molecule has 0 aliphatic heterocycles. The van der Waals surface area contributed by atoms with Crippen LogP contribution in [0.2, 0.25) is 0 Å². The van der Waals surface area contributed by atoms with Gasteiger partial charge in [-0.3, -0.25) is 0 Å². The monoisotopic (exact) mass is 307 g/mol. The van der Waals surface area contributed by atoms with Gasteiger partial charge in [0.2, 0.25) is 0 Å². The molecule has 3 heteroatoms. The topological polar surface area (TPSA) is 39.2 Å². The largest absolute Gasteiger partial charge is 0.459 e. The van der Waals surface area contributed by atoms with E-state index in [-0.39, 0.29) is 6.04 Å². The highest BCUT2D eigenvalue weighted by Crippen LogP contribution is 2.27. The van der Waals surface area contributed by atoms with Gasteiger partial charge in [-0.05, 0) is 30.7 Å². The molecular formula is C15H18BrNO. The van der Waals surface area contributed by atoms with Crippen LogP contribution in [0.15, 0.2) is 45.3 Å². The molecule has 2 N–H and O–H groups in total. The minimum atomic E-state index is 0.00847. The van der Waals surface area contributed by atoms with Crippen LogP contribution in [0.4, 0.5) is 0 Å². The number of nitrogens with two attached hydrogens (primary N) is 1. The average Bonchev–Trinajstić information content (AvgIpc) is 2.86. The number of rotatable bonds is 5. The summed E-state index contributed by atoms with van der Waals surface area (Å²) in [5.41, 5.74) is 7.17. The maximum absolute atomic E-state index is 6.10. The fourth-order valence-electron chi connectivity index (χ4n) is 1.89. The molecule has 2 rings (SSSR count). The number of hydrogen-bond donors (Lipinski definition) is 1. The molecular weight excluding hydrogens is 290 g/mol. The Labute approximate surface area is 116 Å². The molecule has 1 aromatic carbocycles. The van der Waals surface area contributed by atoms with Crippen LogP contribution < -0.4 is 5.73 Å². The highest BCUT2D eigenvalue weighted by molar-refractivity contribution is 9.10. The van der Waals surface area contributed by atoms with Gasteiger partial charge in [0.25, 0.3) is 0 Å². The molecule has 2 aromatic rings. The van der Waals surface area contributed by atoms with Crippen molar-refractivity contribution in [3.05, 3.63) is 46.6 Å². The molecule has 0 amide bonds. The molecule has 0 unspecified atom stereocenters. The molecule has 96 valence electrons. The van der Waals surface area contributed by atoms with Gasteiger partial charge < -0.3 is 10.2 Å². The summed E-state index contributed by atoms with van der Waals surface area (Å²) >= 11 is 3.42. The van der Waals surface area contributed by atoms with E-state index in [0.717, 1.165) is 40.8 Å². The van der Waals surface area contributed by atoms with Crippen molar-refractivity contribution in [2.45, 2.75) is 32.2 Å². The summed E-state index contributed by atoms with van der Waals surface area (Å²) < 4.78 is 6.90. The minimum absolute atomic E-state index is 0.00847. The van der Waals surface area contributed by atoms with Gasteiger partial charge in [-0.2, -0.15) is 0 Å². The molecule has 1 aromatic heterocycles. The van der Waals surface area contributed by atoms with Crippen molar-refractivity contribution in [3.8, 4) is 11.3 Å². The first-order valence-electron chi connectivity index (χ1n) is 6.32. The van der Waals surface area contributed by atoms with Crippen LogP contribution in [0.25, 0.3) is 11.3 Å². The predicted molar refractivity (Wildman–Crippen MR) is 78.3 cm³/mol. The standard InChI is InChI=1S/C15H18BrNO/c1-2-3-4-13(17)15-10-9-14(18-15)11-5-7-12(16)8-6-11/h5-10,13H,2-4,17H2,1H3/t13-/m1/s1. The van der Waals surface area contributed by atoms with E-state index in [1.807, 2.05) is 36.4 Å². The fraction of sp³-hybridized carbons (Fsp3) is 0.333. The Morgan fingerprint density at radius 2 is 1.89 bits per heavy atom. The lowest BCUT2D eigenvalue weighted by molar-refractivity contribution is 0.453. The van der Waals surface area contributed by atoms with Crippen molar-refractivity contribution in [1.29, 1.82) is 0 Å². The van der Waals surface area contributed by atoms with E-state index in [2.05, 4.69) is 22.9 Å². The first-order valence-corrected chi connectivity index (χ1v) is 7.11. The second kappa shape index (κ2) is 6.21. The lowest BCUT2D eigenvalue weighted by Crippen LogP contribution is -2.08. The highest BCUT2D eigenvalue weighted by atomic mass is 79.9. The molecule has 0 aliphatic carbocycles. The summed E-state index contributed by atoms with van der Waals surface area (Å²) in [5.74, 6) is 1.76. The third-order valence-electron chi connectivity index (χ3n) is 2.99. The molecule has 1 heterocycles. The third kappa shape index (κ3) is 3.24. The van der Waals surface area contributed by atoms with Crippen LogP contribution in [-0.2, 0) is 0 Å². The van der Waals surface area contributed by atoms with Gasteiger partial charge in [-0.15, -0.1) is 0 Å². The maximum Gasteiger partial charge on any atom is 0.134 e. The van der Waals surface area contributed by atoms with E-state index in [9.17, 15) is 0 Å². The summed E-state index contributed by atoms with van der Waals surface area (Å²) in [4.78, 5) is 0. The van der Waals surface area contributed by atoms with E-state index in [1.165, 1.54) is 0 Å². The van der Waals surface area contributed by atoms with Gasteiger partial charge in [0.15, 0.2) is 0 Å². The van der Waals surface area contributed by atoms with Crippen LogP contribution in [0.5, 0.6) is 0 Å². The normalized spacial score (nSPS) is 12.6. The maximum atomic E-state index is 6.10. The van der Waals surface area contributed by atoms with Crippen LogP contribution in [-0.4, -0.2) is 0 Å². The number of benzene rings is 1. The zero-order chi connectivity index (χ0) is 13.0. The second-order valence-electron chi connectivity index (χ2n) is 4.46. The third-order valence-corrected chi connectivity index (χ3v) is 3.52. The molecule has 0 aliphatic rings. The van der Waals surface area contributed by atoms with E-state index >= 15 is 0 Å². The van der Waals surface area contributed by atoms with Crippen LogP contribution >= 0.6 is 15.9 Å². The van der Waals surface area contributed by atoms with Crippen LogP contribution in [0.3, 0.4) is 0 Å². The van der Waals surface area contributed by atoms with E-state index in [4.69, 9.17) is 10.2 Å². The van der Waals surface area contributed by atoms with Crippen molar-refractivity contribution >= 4 is 15.9 Å². The van der Waals surface area contributed by atoms with Gasteiger partial charge in [0, 0.05) is 10.0 Å². The predicted octanol–water partition coefficient (Wildman–Crippen LogP) is 4.90. The zero-order valence-corrected chi connectivity index (χ0v) is 12.1. The van der Waals surface area contributed by atoms with E-state index in [1.54, 1.807) is 0 Å². The molecule has 0 radical (unpaired) electrons. The minimum Gasteiger partial charge on any atom is -0.459 e. The summed E-state index contributed by atoms with van der Waals surface area (Å²) in [5, 5.41) is 0. The van der Waals surface area contributed by atoms with Gasteiger partial charge in [-0.1, -0.05) is 47.8 Å². The smallest absolute Gasteiger partial charge is 0.134 e. The first-order chi connectivity index (χ1) is 8.70. The lowest BCUT2D eigenvalue weighted by Gasteiger charge is -2.07. The Hall–Kier alpha value is -1.06. The quantitative estimate of drug-likeness (QED) is 0.853. The number of halogens is 1. The summed E-state index contributed by atoms with van der Waals surface area (Å²) in [6.07, 6.45) is 3.27. The van der Waals surface area contributed by atoms with Gasteiger partial charge in [0.1, 0.15) is 11.5 Å². The summed E-state index contributed by atoms with van der Waals surface area (Å²) in [6.45, 7) is 2.17. The van der Waals surface area contributed by atoms with Gasteiger partial charge in [0.05, 0.1) is 6.04 Å². The molecule has 18 heavy (non-hydrogen) atoms. The van der Waals surface area contributed by atoms with Crippen molar-refractivity contribution < 1.29 is 4.42 Å². The van der Waals surface area contributed by atoms with Crippen molar-refractivity contribution in [2.75, 3.05) is 0 Å². The molecule has 0 spiro atoms. The Morgan fingerprint density at radius 1 is 1.17 bits per heavy atom. The summed E-state index contributed by atoms with van der Waals surface area (Å²) in [6, 6.07) is 12.1. The molecule has 0 bridgehead atoms. The lowest BCUT2D eigenvalue weighted by atomic mass is 10.1. The first kappa shape index (κ1) is 13.4. The molecule has 0 saturated heterocycles. The fourth-order valence-corrected chi connectivity index (χ4v) is 2.15. The van der Waals surface area contributed by atoms with Crippen LogP contribution in [0.1, 0.15) is 38.0 Å². The Morgan fingerprint density at radius 3 is 2.56 bits per heavy atom. The highest BCUT2D eigenvalue weighted by Gasteiger charge is 2.11. The molecule has 2 nitrogen and oxygen atoms in total.